The second-order valence-electron chi connectivity index (χ2n) is 34.9. The molecule has 8 rings (SSSR count). The minimum atomic E-state index is -1.60. The van der Waals surface area contributed by atoms with Crippen LogP contribution >= 0.6 is 0 Å². The van der Waals surface area contributed by atoms with E-state index in [-0.39, 0.29) is 214 Å². The Morgan fingerprint density at radius 3 is 1.31 bits per heavy atom. The molecule has 1 heterocycles. The quantitative estimate of drug-likeness (QED) is 0.00997. The molecule has 2 aliphatic carbocycles. The van der Waals surface area contributed by atoms with E-state index in [1.165, 1.54) is 18.2 Å². The van der Waals surface area contributed by atoms with Crippen LogP contribution in [-0.4, -0.2) is 277 Å². The molecule has 716 valence electrons. The highest BCUT2D eigenvalue weighted by Crippen LogP contribution is 2.36. The average molecular weight is 1840 g/mol. The Morgan fingerprint density at radius 1 is 0.402 bits per heavy atom. The Balaban J connectivity index is 0.912. The molecule has 0 aromatic heterocycles. The molecular weight excluding hydrogens is 1710 g/mol. The Bertz CT molecular complexity index is 4610. The lowest BCUT2D eigenvalue weighted by Crippen LogP contribution is -2.51. The smallest absolute Gasteiger partial charge is 0.326 e. The Labute approximate surface area is 764 Å². The molecule has 5 aromatic rings. The average Bonchev–Trinajstić information content (AvgIpc) is 0.831. The van der Waals surface area contributed by atoms with Crippen molar-refractivity contribution in [3.05, 3.63) is 125 Å². The Hall–Kier alpha value is -12.5. The lowest BCUT2D eigenvalue weighted by atomic mass is 9.78. The molecule has 37 nitrogen and oxygen atoms in total. The fraction of sp³-hybridized carbons (Fsp3) is 0.537. The molecule has 3 fully saturated rings. The minimum Gasteiger partial charge on any atom is -0.481 e. The van der Waals surface area contributed by atoms with Crippen molar-refractivity contribution in [1.29, 1.82) is 0 Å². The summed E-state index contributed by atoms with van der Waals surface area (Å²) in [6.07, 6.45) is 3.84. The molecule has 1 aliphatic heterocycles. The van der Waals surface area contributed by atoms with E-state index < -0.39 is 151 Å². The van der Waals surface area contributed by atoms with Gasteiger partial charge in [0.05, 0.1) is 37.5 Å². The summed E-state index contributed by atoms with van der Waals surface area (Å²) < 4.78 is 5.10. The van der Waals surface area contributed by atoms with Crippen molar-refractivity contribution < 1.29 is 132 Å². The first-order valence-corrected chi connectivity index (χ1v) is 45.3. The zero-order chi connectivity index (χ0) is 95.8. The van der Waals surface area contributed by atoms with Crippen LogP contribution in [0.3, 0.4) is 0 Å². The number of unbranched alkanes of at least 4 members (excludes halogenated alkanes) is 3. The van der Waals surface area contributed by atoms with Gasteiger partial charge in [0.15, 0.2) is 17.3 Å². The minimum absolute atomic E-state index is 0.00728. The molecule has 6 atom stereocenters. The summed E-state index contributed by atoms with van der Waals surface area (Å²) >= 11 is 0. The van der Waals surface area contributed by atoms with Crippen molar-refractivity contribution in [1.82, 2.24) is 46.2 Å². The lowest BCUT2D eigenvalue weighted by Gasteiger charge is -2.32. The number of anilines is 1. The molecule has 37 heteroatoms. The van der Waals surface area contributed by atoms with Crippen LogP contribution in [-0.2, 0) is 89.5 Å². The van der Waals surface area contributed by atoms with E-state index in [1.54, 1.807) is 19.6 Å². The molecule has 0 radical (unpaired) electrons. The van der Waals surface area contributed by atoms with Gasteiger partial charge >= 0.3 is 53.8 Å². The molecule has 0 bridgehead atoms. The highest BCUT2D eigenvalue weighted by atomic mass is 16.5. The van der Waals surface area contributed by atoms with Gasteiger partial charge in [0.2, 0.25) is 23.6 Å². The summed E-state index contributed by atoms with van der Waals surface area (Å²) in [5.74, 6) is -16.9. The number of carboxylic acid groups (broad SMARTS) is 8. The van der Waals surface area contributed by atoms with Crippen LogP contribution in [0.2, 0.25) is 0 Å². The van der Waals surface area contributed by atoms with Crippen molar-refractivity contribution in [3.63, 3.8) is 0 Å². The zero-order valence-electron chi connectivity index (χ0n) is 74.3. The standard InChI is InChI=1S/C95H124N10O27/c106-59-132-58-105-44-42-102(38-39-103(56-86(116)117)40-41-104(43-45-105)57-87(118)119)55-83(111)97-74-51-72(80(108)33-23-60-17-27-66(28-18-60)88(120)98-78(48-62-21-25-64-10-4-6-12-68(64)46-62)82(110)16-3-1-2-14-70(91(123)124)53-75(107)54-71(92(125)126)31-35-84(112)113)50-73(52-74)81(109)34-24-61-19-29-67(30-20-61)89(121)99-79(49-63-22-26-65-11-5-7-13-69(65)47-63)90(122)96-37-9-8-15-76(93(127)128)100-95(131)101-77(94(129)130)32-36-85(114)115/h4-7,10-13,21-22,25-26,46-47,50-52,59-61,66-67,70-71,76-79H,1-3,8-9,14-20,23-24,27-45,48-49,53-58H2,(H,96,122)(H,97,111)(H,98,120)(H,99,121)(H,112,113)(H,114,115)(H,116,117)(H,118,119)(H,123,124)(H,125,126)(H,127,128)(H,129,130)(H2,100,101,131)/t60?,61?,66?,67?,70-,71-,76+,77+,78+,79+/m1/s1. The normalized spacial score (nSPS) is 18.0. The zero-order valence-corrected chi connectivity index (χ0v) is 74.3. The van der Waals surface area contributed by atoms with E-state index in [2.05, 4.69) is 31.9 Å². The van der Waals surface area contributed by atoms with Crippen LogP contribution in [0.5, 0.6) is 0 Å². The summed E-state index contributed by atoms with van der Waals surface area (Å²) in [5.41, 5.74) is 2.00. The number of fused-ring (bicyclic) bond motifs is 2. The van der Waals surface area contributed by atoms with Gasteiger partial charge in [-0.05, 0) is 178 Å². The number of hydrogen-bond donors (Lipinski definition) is 14. The number of rotatable bonds is 55. The molecule has 132 heavy (non-hydrogen) atoms. The second-order valence-corrected chi connectivity index (χ2v) is 34.9. The molecule has 14 N–H and O–H groups in total. The first-order valence-electron chi connectivity index (χ1n) is 45.3. The van der Waals surface area contributed by atoms with Crippen LogP contribution < -0.4 is 31.9 Å². The number of ketones is 4. The molecule has 3 aliphatic rings. The Morgan fingerprint density at radius 2 is 0.841 bits per heavy atom. The van der Waals surface area contributed by atoms with E-state index >= 15 is 0 Å². The summed E-state index contributed by atoms with van der Waals surface area (Å²) in [7, 11) is 0. The third-order valence-corrected chi connectivity index (χ3v) is 24.9. The van der Waals surface area contributed by atoms with Gasteiger partial charge in [0, 0.05) is 139 Å². The number of carbonyl (C=O) groups is 18. The number of hydrogen-bond acceptors (Lipinski definition) is 23. The van der Waals surface area contributed by atoms with Crippen LogP contribution in [0.25, 0.3) is 21.5 Å². The van der Waals surface area contributed by atoms with Gasteiger partial charge < -0.3 is 77.5 Å². The fourth-order valence-electron chi connectivity index (χ4n) is 17.3. The molecule has 0 spiro atoms. The largest absolute Gasteiger partial charge is 0.481 e. The number of Topliss-reactive ketones (excluding diaryl/α,β-unsaturated/α-hetero) is 4. The van der Waals surface area contributed by atoms with Gasteiger partial charge in [-0.1, -0.05) is 97.8 Å². The lowest BCUT2D eigenvalue weighted by molar-refractivity contribution is -0.146. The molecule has 6 amide bonds. The molecule has 5 aromatic carbocycles. The summed E-state index contributed by atoms with van der Waals surface area (Å²) in [4.78, 5) is 238. The van der Waals surface area contributed by atoms with E-state index in [4.69, 9.17) is 14.9 Å². The SMILES string of the molecule is O=COCN1CCN(CC(=O)O)CCN(CC(=O)O)CCN(CC(=O)Nc2cc(C(=O)CCC3CCC(C(=O)N[C@@H](Cc4ccc5ccccc5c4)C(=O)CCCCC[C@H](CC(=O)C[C@@H](CCC(=O)O)C(=O)O)C(=O)O)CC3)cc(C(=O)CCC3CCC(C(=O)N[C@@H](Cc4ccc5ccccc5c4)C(=O)NCCCC[C@H](NC(=O)N[C@@H](CCC(=O)O)C(=O)O)C(=O)O)CC3)c2)CC1. The van der Waals surface area contributed by atoms with Crippen LogP contribution in [0.15, 0.2) is 103 Å². The maximum atomic E-state index is 14.7. The maximum absolute atomic E-state index is 14.7. The second kappa shape index (κ2) is 54.4. The molecular formula is C95H124N10O27. The number of nitrogens with one attached hydrogen (secondary N) is 6. The van der Waals surface area contributed by atoms with Crippen LogP contribution in [0, 0.1) is 35.5 Å². The van der Waals surface area contributed by atoms with E-state index in [1.807, 2.05) is 84.9 Å². The number of amides is 6. The number of ether oxygens (including phenoxy) is 1. The number of carbonyl (C=O) groups excluding carboxylic acids is 10. The van der Waals surface area contributed by atoms with Crippen molar-refractivity contribution >= 4 is 134 Å². The highest BCUT2D eigenvalue weighted by molar-refractivity contribution is 6.04. The Kier molecular flexibility index (Phi) is 43.2. The molecule has 1 saturated heterocycles. The number of carboxylic acids is 8. The summed E-state index contributed by atoms with van der Waals surface area (Å²) in [6.45, 7) is 0.841. The first kappa shape index (κ1) is 105. The predicted molar refractivity (Wildman–Crippen MR) is 480 cm³/mol. The van der Waals surface area contributed by atoms with E-state index in [0.29, 0.717) is 83.5 Å². The number of aliphatic carboxylic acids is 8. The first-order chi connectivity index (χ1) is 63.1. The summed E-state index contributed by atoms with van der Waals surface area (Å²) in [5, 5.41) is 96.3. The molecule has 0 unspecified atom stereocenters. The highest BCUT2D eigenvalue weighted by Gasteiger charge is 2.35. The van der Waals surface area contributed by atoms with E-state index in [0.717, 1.165) is 32.7 Å². The third-order valence-electron chi connectivity index (χ3n) is 24.9. The predicted octanol–water partition coefficient (Wildman–Crippen LogP) is 7.94. The van der Waals surface area contributed by atoms with Crippen molar-refractivity contribution in [2.75, 3.05) is 90.6 Å². The summed E-state index contributed by atoms with van der Waals surface area (Å²) in [6, 6.07) is 25.2. The maximum Gasteiger partial charge on any atom is 0.326 e. The number of benzene rings is 5. The fourth-order valence-corrected chi connectivity index (χ4v) is 17.3. The van der Waals surface area contributed by atoms with Gasteiger partial charge in [-0.2, -0.15) is 0 Å². The van der Waals surface area contributed by atoms with Crippen LogP contribution in [0.4, 0.5) is 10.5 Å². The van der Waals surface area contributed by atoms with Crippen molar-refractivity contribution in [2.24, 2.45) is 35.5 Å². The van der Waals surface area contributed by atoms with Crippen molar-refractivity contribution in [3.8, 4) is 0 Å². The molecule has 2 saturated carbocycles. The van der Waals surface area contributed by atoms with Gasteiger partial charge in [0.25, 0.3) is 6.47 Å². The monoisotopic (exact) mass is 1840 g/mol. The number of nitrogens with zero attached hydrogens (tertiary/aromatic N) is 4. The third kappa shape index (κ3) is 37.1. The van der Waals surface area contributed by atoms with Gasteiger partial charge in [0.1, 0.15) is 30.6 Å². The van der Waals surface area contributed by atoms with Crippen molar-refractivity contribution in [2.45, 2.75) is 204 Å². The van der Waals surface area contributed by atoms with Gasteiger partial charge in [-0.3, -0.25) is 91.5 Å². The van der Waals surface area contributed by atoms with Gasteiger partial charge in [-0.15, -0.1) is 0 Å². The van der Waals surface area contributed by atoms with Crippen LogP contribution in [0.1, 0.15) is 199 Å². The van der Waals surface area contributed by atoms with Gasteiger partial charge in [-0.25, -0.2) is 14.4 Å². The topological polar surface area (TPSA) is 563 Å². The number of urea groups is 1. The van der Waals surface area contributed by atoms with E-state index in [9.17, 15) is 117 Å².